The highest BCUT2D eigenvalue weighted by molar-refractivity contribution is 6.02. The SMILES string of the molecule is C#CCC(=O)c1c(O)cc(F)cc1OC.CN(C)C. The van der Waals surface area contributed by atoms with Crippen LogP contribution < -0.4 is 4.74 Å². The van der Waals surface area contributed by atoms with Crippen molar-refractivity contribution in [2.24, 2.45) is 0 Å². The Bertz CT molecular complexity index is 476. The van der Waals surface area contributed by atoms with E-state index in [-0.39, 0.29) is 17.7 Å². The van der Waals surface area contributed by atoms with E-state index in [1.807, 2.05) is 26.0 Å². The van der Waals surface area contributed by atoms with Gasteiger partial charge in [-0.2, -0.15) is 0 Å². The van der Waals surface area contributed by atoms with E-state index in [1.165, 1.54) is 7.11 Å². The van der Waals surface area contributed by atoms with Gasteiger partial charge in [0, 0.05) is 12.1 Å². The number of carbonyl (C=O) groups excluding carboxylic acids is 1. The quantitative estimate of drug-likeness (QED) is 0.671. The van der Waals surface area contributed by atoms with Gasteiger partial charge in [0.15, 0.2) is 5.78 Å². The molecule has 1 rings (SSSR count). The second-order valence-corrected chi connectivity index (χ2v) is 4.15. The predicted molar refractivity (Wildman–Crippen MR) is 72.0 cm³/mol. The molecule has 0 aliphatic heterocycles. The van der Waals surface area contributed by atoms with E-state index < -0.39 is 17.3 Å². The van der Waals surface area contributed by atoms with E-state index in [9.17, 15) is 14.3 Å². The van der Waals surface area contributed by atoms with Crippen molar-refractivity contribution in [3.8, 4) is 23.8 Å². The summed E-state index contributed by atoms with van der Waals surface area (Å²) >= 11 is 0. The van der Waals surface area contributed by atoms with Crippen LogP contribution in [-0.4, -0.2) is 44.0 Å². The first kappa shape index (κ1) is 16.9. The summed E-state index contributed by atoms with van der Waals surface area (Å²) in [5, 5.41) is 9.39. The number of nitrogens with zero attached hydrogens (tertiary/aromatic N) is 1. The first-order valence-corrected chi connectivity index (χ1v) is 5.47. The Morgan fingerprint density at radius 1 is 1.47 bits per heavy atom. The number of hydrogen-bond donors (Lipinski definition) is 1. The second-order valence-electron chi connectivity index (χ2n) is 4.15. The number of methoxy groups -OCH3 is 1. The fourth-order valence-corrected chi connectivity index (χ4v) is 1.19. The Hall–Kier alpha value is -2.06. The molecule has 1 aromatic carbocycles. The Morgan fingerprint density at radius 2 is 2.00 bits per heavy atom. The number of aromatic hydroxyl groups is 1. The molecule has 0 radical (unpaired) electrons. The van der Waals surface area contributed by atoms with Gasteiger partial charge in [0.1, 0.15) is 22.9 Å². The van der Waals surface area contributed by atoms with E-state index in [0.717, 1.165) is 12.1 Å². The standard InChI is InChI=1S/C11H9FO3.C3H9N/c1-3-4-8(13)11-9(14)5-7(12)6-10(11)15-2;1-4(2)3/h1,5-6,14H,4H2,2H3;1-3H3. The zero-order chi connectivity index (χ0) is 15.0. The smallest absolute Gasteiger partial charge is 0.182 e. The number of carbonyl (C=O) groups is 1. The van der Waals surface area contributed by atoms with Crippen molar-refractivity contribution in [3.63, 3.8) is 0 Å². The Labute approximate surface area is 112 Å². The van der Waals surface area contributed by atoms with Crippen molar-refractivity contribution in [1.82, 2.24) is 4.90 Å². The maximum Gasteiger partial charge on any atom is 0.182 e. The lowest BCUT2D eigenvalue weighted by molar-refractivity contribution is 0.0992. The molecule has 0 heterocycles. The molecule has 19 heavy (non-hydrogen) atoms. The molecular formula is C14H18FNO3. The van der Waals surface area contributed by atoms with Crippen LogP contribution in [0, 0.1) is 18.2 Å². The number of terminal acetylenes is 1. The molecule has 0 aliphatic rings. The van der Waals surface area contributed by atoms with Crippen molar-refractivity contribution in [3.05, 3.63) is 23.5 Å². The van der Waals surface area contributed by atoms with E-state index in [4.69, 9.17) is 11.2 Å². The molecule has 1 N–H and O–H groups in total. The predicted octanol–water partition coefficient (Wildman–Crippen LogP) is 1.92. The summed E-state index contributed by atoms with van der Waals surface area (Å²) in [6.07, 6.45) is 4.80. The summed E-state index contributed by atoms with van der Waals surface area (Å²) < 4.78 is 17.6. The Morgan fingerprint density at radius 3 is 2.42 bits per heavy atom. The summed E-state index contributed by atoms with van der Waals surface area (Å²) in [5.41, 5.74) is -0.0862. The molecule has 0 aromatic heterocycles. The van der Waals surface area contributed by atoms with Gasteiger partial charge in [-0.3, -0.25) is 4.79 Å². The van der Waals surface area contributed by atoms with Gasteiger partial charge in [0.25, 0.3) is 0 Å². The van der Waals surface area contributed by atoms with Crippen LogP contribution in [0.2, 0.25) is 0 Å². The maximum atomic E-state index is 12.9. The van der Waals surface area contributed by atoms with Crippen LogP contribution in [0.3, 0.4) is 0 Å². The average Bonchev–Trinajstić information content (AvgIpc) is 2.27. The molecule has 0 saturated carbocycles. The van der Waals surface area contributed by atoms with Gasteiger partial charge in [0.05, 0.1) is 13.5 Å². The number of halogens is 1. The Kier molecular flexibility index (Phi) is 7.23. The van der Waals surface area contributed by atoms with E-state index in [2.05, 4.69) is 5.92 Å². The molecule has 0 aliphatic carbocycles. The van der Waals surface area contributed by atoms with Crippen LogP contribution in [0.25, 0.3) is 0 Å². The summed E-state index contributed by atoms with van der Waals surface area (Å²) in [7, 11) is 7.28. The number of ketones is 1. The molecular weight excluding hydrogens is 249 g/mol. The van der Waals surface area contributed by atoms with Gasteiger partial charge >= 0.3 is 0 Å². The van der Waals surface area contributed by atoms with Crippen LogP contribution in [-0.2, 0) is 0 Å². The lowest BCUT2D eigenvalue weighted by atomic mass is 10.1. The number of benzene rings is 1. The van der Waals surface area contributed by atoms with Crippen molar-refractivity contribution in [1.29, 1.82) is 0 Å². The molecule has 0 unspecified atom stereocenters. The maximum absolute atomic E-state index is 12.9. The highest BCUT2D eigenvalue weighted by atomic mass is 19.1. The Balaban J connectivity index is 0.000000711. The number of rotatable bonds is 3. The van der Waals surface area contributed by atoms with Crippen LogP contribution in [0.4, 0.5) is 4.39 Å². The summed E-state index contributed by atoms with van der Waals surface area (Å²) in [4.78, 5) is 13.5. The third kappa shape index (κ3) is 5.89. The van der Waals surface area contributed by atoms with Crippen LogP contribution >= 0.6 is 0 Å². The molecule has 5 heteroatoms. The summed E-state index contributed by atoms with van der Waals surface area (Å²) in [6.45, 7) is 0. The lowest BCUT2D eigenvalue weighted by Gasteiger charge is -2.08. The largest absolute Gasteiger partial charge is 0.507 e. The minimum absolute atomic E-state index is 0.0206. The normalized spacial score (nSPS) is 9.32. The number of Topliss-reactive ketones (excluding diaryl/α,β-unsaturated/α-hetero) is 1. The van der Waals surface area contributed by atoms with E-state index in [0.29, 0.717) is 0 Å². The summed E-state index contributed by atoms with van der Waals surface area (Å²) in [6, 6.07) is 1.86. The molecule has 0 atom stereocenters. The molecule has 0 spiro atoms. The number of ether oxygens (including phenoxy) is 1. The first-order valence-electron chi connectivity index (χ1n) is 5.47. The number of phenolic OH excluding ortho intramolecular Hbond substituents is 1. The fourth-order valence-electron chi connectivity index (χ4n) is 1.19. The van der Waals surface area contributed by atoms with Gasteiger partial charge in [-0.25, -0.2) is 4.39 Å². The zero-order valence-corrected chi connectivity index (χ0v) is 11.5. The highest BCUT2D eigenvalue weighted by Crippen LogP contribution is 2.30. The molecule has 0 saturated heterocycles. The van der Waals surface area contributed by atoms with E-state index in [1.54, 1.807) is 0 Å². The topological polar surface area (TPSA) is 49.8 Å². The number of hydrogen-bond acceptors (Lipinski definition) is 4. The molecule has 0 fully saturated rings. The molecule has 0 bridgehead atoms. The molecule has 104 valence electrons. The van der Waals surface area contributed by atoms with E-state index >= 15 is 0 Å². The highest BCUT2D eigenvalue weighted by Gasteiger charge is 2.17. The fraction of sp³-hybridized carbons (Fsp3) is 0.357. The third-order valence-corrected chi connectivity index (χ3v) is 1.81. The number of phenols is 1. The van der Waals surface area contributed by atoms with Crippen LogP contribution in [0.5, 0.6) is 11.5 Å². The van der Waals surface area contributed by atoms with Crippen LogP contribution in [0.15, 0.2) is 12.1 Å². The molecule has 0 amide bonds. The monoisotopic (exact) mass is 267 g/mol. The second kappa shape index (κ2) is 8.11. The zero-order valence-electron chi connectivity index (χ0n) is 11.5. The van der Waals surface area contributed by atoms with Crippen molar-refractivity contribution >= 4 is 5.78 Å². The third-order valence-electron chi connectivity index (χ3n) is 1.81. The minimum atomic E-state index is -0.679. The van der Waals surface area contributed by atoms with Crippen molar-refractivity contribution in [2.75, 3.05) is 28.3 Å². The van der Waals surface area contributed by atoms with Crippen molar-refractivity contribution < 1.29 is 19.0 Å². The first-order chi connectivity index (χ1) is 8.83. The van der Waals surface area contributed by atoms with Gasteiger partial charge in [-0.1, -0.05) is 5.92 Å². The van der Waals surface area contributed by atoms with Gasteiger partial charge < -0.3 is 14.7 Å². The van der Waals surface area contributed by atoms with Crippen molar-refractivity contribution in [2.45, 2.75) is 6.42 Å². The van der Waals surface area contributed by atoms with Gasteiger partial charge in [-0.05, 0) is 21.1 Å². The van der Waals surface area contributed by atoms with Gasteiger partial charge in [0.2, 0.25) is 0 Å². The minimum Gasteiger partial charge on any atom is -0.507 e. The molecule has 1 aromatic rings. The molecule has 4 nitrogen and oxygen atoms in total. The summed E-state index contributed by atoms with van der Waals surface area (Å²) in [5.74, 6) is 0.504. The van der Waals surface area contributed by atoms with Crippen LogP contribution in [0.1, 0.15) is 16.8 Å². The average molecular weight is 267 g/mol. The lowest BCUT2D eigenvalue weighted by Crippen LogP contribution is -2.02. The van der Waals surface area contributed by atoms with Gasteiger partial charge in [-0.15, -0.1) is 6.42 Å².